The number of hydrogen-bond acceptors (Lipinski definition) is 4. The molecule has 0 aliphatic carbocycles. The average Bonchev–Trinajstić information content (AvgIpc) is 2.38. The van der Waals surface area contributed by atoms with Gasteiger partial charge in [0.25, 0.3) is 0 Å². The van der Waals surface area contributed by atoms with Gasteiger partial charge in [-0.2, -0.15) is 0 Å². The van der Waals surface area contributed by atoms with E-state index < -0.39 is 10.0 Å². The van der Waals surface area contributed by atoms with E-state index in [0.717, 1.165) is 38.2 Å². The van der Waals surface area contributed by atoms with Crippen molar-refractivity contribution in [3.05, 3.63) is 29.8 Å². The smallest absolute Gasteiger partial charge is 0.211 e. The molecule has 1 aliphatic heterocycles. The highest BCUT2D eigenvalue weighted by Gasteiger charge is 2.26. The Morgan fingerprint density at radius 3 is 2.48 bits per heavy atom. The zero-order chi connectivity index (χ0) is 14.8. The van der Waals surface area contributed by atoms with E-state index in [1.807, 2.05) is 18.2 Å². The second kappa shape index (κ2) is 7.45. The highest BCUT2D eigenvalue weighted by molar-refractivity contribution is 7.88. The summed E-state index contributed by atoms with van der Waals surface area (Å²) < 4.78 is 24.6. The number of nitrogens with zero attached hydrogens (tertiary/aromatic N) is 2. The second-order valence-electron chi connectivity index (χ2n) is 5.53. The molecule has 120 valence electrons. The Bertz CT molecular complexity index is 557. The summed E-state index contributed by atoms with van der Waals surface area (Å²) in [6.45, 7) is 2.71. The lowest BCUT2D eigenvalue weighted by Gasteiger charge is -2.35. The zero-order valence-corrected chi connectivity index (χ0v) is 14.2. The Hall–Kier alpha value is -0.820. The monoisotopic (exact) mass is 333 g/mol. The standard InChI is InChI=1S/C14H23N3O2S.ClH/c1-16(20(2,18)19)14-6-8-17(9-7-14)11-12-4-3-5-13(15)10-12;/h3-5,10,14H,6-9,11,15H2,1-2H3;1H. The van der Waals surface area contributed by atoms with E-state index in [2.05, 4.69) is 11.0 Å². The minimum absolute atomic E-state index is 0. The van der Waals surface area contributed by atoms with Gasteiger partial charge in [-0.05, 0) is 30.5 Å². The fourth-order valence-corrected chi connectivity index (χ4v) is 3.41. The molecule has 21 heavy (non-hydrogen) atoms. The van der Waals surface area contributed by atoms with E-state index in [1.165, 1.54) is 16.1 Å². The first kappa shape index (κ1) is 18.2. The number of benzene rings is 1. The predicted octanol–water partition coefficient (Wildman–Crippen LogP) is 1.55. The minimum atomic E-state index is -3.09. The van der Waals surface area contributed by atoms with Crippen LogP contribution in [0.5, 0.6) is 0 Å². The highest BCUT2D eigenvalue weighted by Crippen LogP contribution is 2.19. The first-order chi connectivity index (χ1) is 9.36. The van der Waals surface area contributed by atoms with Crippen LogP contribution >= 0.6 is 12.4 Å². The van der Waals surface area contributed by atoms with Crippen LogP contribution in [-0.4, -0.2) is 50.1 Å². The summed E-state index contributed by atoms with van der Waals surface area (Å²) in [7, 11) is -1.41. The lowest BCUT2D eigenvalue weighted by atomic mass is 10.0. The largest absolute Gasteiger partial charge is 0.399 e. The van der Waals surface area contributed by atoms with Crippen LogP contribution in [0.3, 0.4) is 0 Å². The number of rotatable bonds is 4. The summed E-state index contributed by atoms with van der Waals surface area (Å²) in [5.74, 6) is 0. The maximum absolute atomic E-state index is 11.5. The van der Waals surface area contributed by atoms with Crippen molar-refractivity contribution in [1.82, 2.24) is 9.21 Å². The Kier molecular flexibility index (Phi) is 6.46. The van der Waals surface area contributed by atoms with Gasteiger partial charge < -0.3 is 5.73 Å². The Morgan fingerprint density at radius 1 is 1.33 bits per heavy atom. The van der Waals surface area contributed by atoms with Crippen molar-refractivity contribution >= 4 is 28.1 Å². The molecule has 2 rings (SSSR count). The van der Waals surface area contributed by atoms with Crippen molar-refractivity contribution in [2.45, 2.75) is 25.4 Å². The topological polar surface area (TPSA) is 66.6 Å². The Balaban J connectivity index is 0.00000220. The third-order valence-corrected chi connectivity index (χ3v) is 5.30. The molecule has 0 saturated carbocycles. The molecule has 0 amide bonds. The summed E-state index contributed by atoms with van der Waals surface area (Å²) in [5.41, 5.74) is 7.78. The molecular formula is C14H24ClN3O2S. The molecule has 1 heterocycles. The number of nitrogens with two attached hydrogens (primary N) is 1. The van der Waals surface area contributed by atoms with Crippen LogP contribution < -0.4 is 5.73 Å². The minimum Gasteiger partial charge on any atom is -0.399 e. The molecule has 5 nitrogen and oxygen atoms in total. The fraction of sp³-hybridized carbons (Fsp3) is 0.571. The molecule has 2 N–H and O–H groups in total. The lowest BCUT2D eigenvalue weighted by molar-refractivity contribution is 0.164. The van der Waals surface area contributed by atoms with Crippen LogP contribution in [0, 0.1) is 0 Å². The van der Waals surface area contributed by atoms with Gasteiger partial charge in [-0.1, -0.05) is 12.1 Å². The molecule has 0 radical (unpaired) electrons. The SMILES string of the molecule is CN(C1CCN(Cc2cccc(N)c2)CC1)S(C)(=O)=O.Cl. The second-order valence-corrected chi connectivity index (χ2v) is 7.57. The molecule has 1 saturated heterocycles. The van der Waals surface area contributed by atoms with E-state index in [1.54, 1.807) is 7.05 Å². The van der Waals surface area contributed by atoms with Gasteiger partial charge in [0.15, 0.2) is 0 Å². The first-order valence-corrected chi connectivity index (χ1v) is 8.71. The molecule has 7 heteroatoms. The summed E-state index contributed by atoms with van der Waals surface area (Å²) in [6, 6.07) is 8.05. The number of halogens is 1. The molecular weight excluding hydrogens is 310 g/mol. The van der Waals surface area contributed by atoms with Crippen LogP contribution in [0.1, 0.15) is 18.4 Å². The number of anilines is 1. The Labute approximate surface area is 133 Å². The summed E-state index contributed by atoms with van der Waals surface area (Å²) >= 11 is 0. The van der Waals surface area contributed by atoms with Crippen molar-refractivity contribution < 1.29 is 8.42 Å². The third kappa shape index (κ3) is 5.14. The molecule has 1 aromatic rings. The van der Waals surface area contributed by atoms with Crippen LogP contribution in [0.25, 0.3) is 0 Å². The first-order valence-electron chi connectivity index (χ1n) is 6.86. The number of sulfonamides is 1. The van der Waals surface area contributed by atoms with E-state index in [4.69, 9.17) is 5.73 Å². The average molecular weight is 334 g/mol. The van der Waals surface area contributed by atoms with Crippen molar-refractivity contribution in [1.29, 1.82) is 0 Å². The highest BCUT2D eigenvalue weighted by atomic mass is 35.5. The molecule has 1 aliphatic rings. The van der Waals surface area contributed by atoms with Crippen LogP contribution in [0.4, 0.5) is 5.69 Å². The summed E-state index contributed by atoms with van der Waals surface area (Å²) in [6.07, 6.45) is 3.03. The zero-order valence-electron chi connectivity index (χ0n) is 12.5. The number of hydrogen-bond donors (Lipinski definition) is 1. The van der Waals surface area contributed by atoms with Crippen LogP contribution in [-0.2, 0) is 16.6 Å². The van der Waals surface area contributed by atoms with E-state index in [-0.39, 0.29) is 18.4 Å². The van der Waals surface area contributed by atoms with Gasteiger partial charge >= 0.3 is 0 Å². The quantitative estimate of drug-likeness (QED) is 0.849. The van der Waals surface area contributed by atoms with Gasteiger partial charge in [-0.25, -0.2) is 12.7 Å². The maximum Gasteiger partial charge on any atom is 0.211 e. The van der Waals surface area contributed by atoms with E-state index in [0.29, 0.717) is 0 Å². The van der Waals surface area contributed by atoms with Gasteiger partial charge in [-0.15, -0.1) is 12.4 Å². The van der Waals surface area contributed by atoms with E-state index in [9.17, 15) is 8.42 Å². The third-order valence-electron chi connectivity index (χ3n) is 3.95. The van der Waals surface area contributed by atoms with E-state index >= 15 is 0 Å². The number of piperidine rings is 1. The van der Waals surface area contributed by atoms with Crippen molar-refractivity contribution in [2.24, 2.45) is 0 Å². The molecule has 1 fully saturated rings. The van der Waals surface area contributed by atoms with Crippen LogP contribution in [0.15, 0.2) is 24.3 Å². The molecule has 1 aromatic carbocycles. The summed E-state index contributed by atoms with van der Waals surface area (Å²) in [5, 5.41) is 0. The molecule has 0 unspecified atom stereocenters. The number of nitrogen functional groups attached to an aromatic ring is 1. The fourth-order valence-electron chi connectivity index (χ4n) is 2.66. The number of likely N-dealkylation sites (tertiary alicyclic amines) is 1. The van der Waals surface area contributed by atoms with Gasteiger partial charge in [0, 0.05) is 38.4 Å². The molecule has 0 aromatic heterocycles. The predicted molar refractivity (Wildman–Crippen MR) is 89.0 cm³/mol. The van der Waals surface area contributed by atoms with Crippen LogP contribution in [0.2, 0.25) is 0 Å². The van der Waals surface area contributed by atoms with Gasteiger partial charge in [0.2, 0.25) is 10.0 Å². The molecule has 0 atom stereocenters. The van der Waals surface area contributed by atoms with Gasteiger partial charge in [0.05, 0.1) is 6.26 Å². The van der Waals surface area contributed by atoms with Crippen molar-refractivity contribution in [3.8, 4) is 0 Å². The normalized spacial score (nSPS) is 17.7. The molecule has 0 spiro atoms. The van der Waals surface area contributed by atoms with Gasteiger partial charge in [0.1, 0.15) is 0 Å². The van der Waals surface area contributed by atoms with Crippen molar-refractivity contribution in [2.75, 3.05) is 32.1 Å². The lowest BCUT2D eigenvalue weighted by Crippen LogP contribution is -2.44. The maximum atomic E-state index is 11.5. The van der Waals surface area contributed by atoms with Gasteiger partial charge in [-0.3, -0.25) is 4.90 Å². The van der Waals surface area contributed by atoms with Crippen molar-refractivity contribution in [3.63, 3.8) is 0 Å². The Morgan fingerprint density at radius 2 is 1.95 bits per heavy atom. The summed E-state index contributed by atoms with van der Waals surface area (Å²) in [4.78, 5) is 2.35. The molecule has 0 bridgehead atoms.